The Bertz CT molecular complexity index is 753. The molecule has 1 aromatic carbocycles. The van der Waals surface area contributed by atoms with Gasteiger partial charge in [-0.3, -0.25) is 4.40 Å². The summed E-state index contributed by atoms with van der Waals surface area (Å²) >= 11 is 5.99. The maximum absolute atomic E-state index is 5.99. The Morgan fingerprint density at radius 3 is 2.79 bits per heavy atom. The number of hydrogen-bond donors (Lipinski definition) is 1. The highest BCUT2D eigenvalue weighted by atomic mass is 35.5. The highest BCUT2D eigenvalue weighted by molar-refractivity contribution is 6.30. The zero-order chi connectivity index (χ0) is 13.4. The first kappa shape index (κ1) is 11.8. The molecular formula is C13H11ClN4O. The van der Waals surface area contributed by atoms with Gasteiger partial charge in [0.25, 0.3) is 0 Å². The molecule has 0 aliphatic rings. The Labute approximate surface area is 114 Å². The van der Waals surface area contributed by atoms with Crippen molar-refractivity contribution in [2.24, 2.45) is 0 Å². The summed E-state index contributed by atoms with van der Waals surface area (Å²) in [5.74, 6) is 1.32. The van der Waals surface area contributed by atoms with Crippen LogP contribution in [0.2, 0.25) is 5.02 Å². The molecule has 2 heterocycles. The lowest BCUT2D eigenvalue weighted by Crippen LogP contribution is -1.94. The number of nitrogen functional groups attached to an aromatic ring is 1. The van der Waals surface area contributed by atoms with Crippen molar-refractivity contribution in [3.63, 3.8) is 0 Å². The number of pyridine rings is 1. The van der Waals surface area contributed by atoms with Crippen LogP contribution in [0.1, 0.15) is 0 Å². The van der Waals surface area contributed by atoms with Crippen LogP contribution in [0.5, 0.6) is 5.75 Å². The smallest absolute Gasteiger partial charge is 0.168 e. The molecule has 19 heavy (non-hydrogen) atoms. The van der Waals surface area contributed by atoms with Crippen LogP contribution in [0.25, 0.3) is 17.0 Å². The van der Waals surface area contributed by atoms with Crippen LogP contribution in [-0.2, 0) is 0 Å². The topological polar surface area (TPSA) is 65.4 Å². The van der Waals surface area contributed by atoms with Crippen LogP contribution in [0.15, 0.2) is 36.5 Å². The second-order valence-corrected chi connectivity index (χ2v) is 4.49. The number of anilines is 1. The first-order valence-electron chi connectivity index (χ1n) is 5.63. The number of nitrogens with two attached hydrogens (primary N) is 1. The fraction of sp³-hybridized carbons (Fsp3) is 0.0769. The maximum atomic E-state index is 5.99. The average molecular weight is 275 g/mol. The number of rotatable bonds is 2. The molecule has 0 atom stereocenters. The highest BCUT2D eigenvalue weighted by Crippen LogP contribution is 2.28. The number of fused-ring (bicyclic) bond motifs is 1. The summed E-state index contributed by atoms with van der Waals surface area (Å²) in [6, 6.07) is 9.07. The monoisotopic (exact) mass is 274 g/mol. The number of methoxy groups -OCH3 is 1. The largest absolute Gasteiger partial charge is 0.495 e. The van der Waals surface area contributed by atoms with Crippen molar-refractivity contribution in [2.45, 2.75) is 0 Å². The molecule has 96 valence electrons. The van der Waals surface area contributed by atoms with E-state index >= 15 is 0 Å². The lowest BCUT2D eigenvalue weighted by molar-refractivity contribution is 0.417. The zero-order valence-corrected chi connectivity index (χ0v) is 10.9. The second kappa shape index (κ2) is 4.44. The summed E-state index contributed by atoms with van der Waals surface area (Å²) in [5.41, 5.74) is 8.04. The number of hydrogen-bond acceptors (Lipinski definition) is 4. The van der Waals surface area contributed by atoms with Gasteiger partial charge in [0, 0.05) is 11.8 Å². The van der Waals surface area contributed by atoms with E-state index < -0.39 is 0 Å². The van der Waals surface area contributed by atoms with Crippen LogP contribution < -0.4 is 10.5 Å². The van der Waals surface area contributed by atoms with Gasteiger partial charge in [0.15, 0.2) is 11.5 Å². The molecule has 0 unspecified atom stereocenters. The molecule has 5 nitrogen and oxygen atoms in total. The van der Waals surface area contributed by atoms with Gasteiger partial charge >= 0.3 is 0 Å². The molecule has 0 radical (unpaired) electrons. The molecule has 3 aromatic rings. The SMILES string of the molecule is COc1ccc(-c2nnc3ccc(Cl)cn23)cc1N. The second-order valence-electron chi connectivity index (χ2n) is 4.06. The van der Waals surface area contributed by atoms with E-state index in [2.05, 4.69) is 10.2 Å². The Morgan fingerprint density at radius 1 is 1.21 bits per heavy atom. The number of benzene rings is 1. The summed E-state index contributed by atoms with van der Waals surface area (Å²) in [4.78, 5) is 0. The molecular weight excluding hydrogens is 264 g/mol. The molecule has 0 aliphatic carbocycles. The first-order chi connectivity index (χ1) is 9.19. The zero-order valence-electron chi connectivity index (χ0n) is 10.2. The molecule has 0 spiro atoms. The molecule has 0 bridgehead atoms. The van der Waals surface area contributed by atoms with Crippen LogP contribution >= 0.6 is 11.6 Å². The van der Waals surface area contributed by atoms with E-state index in [0.717, 1.165) is 11.2 Å². The van der Waals surface area contributed by atoms with Gasteiger partial charge in [-0.2, -0.15) is 0 Å². The van der Waals surface area contributed by atoms with E-state index in [1.165, 1.54) is 0 Å². The minimum absolute atomic E-state index is 0.554. The van der Waals surface area contributed by atoms with E-state index in [1.807, 2.05) is 16.5 Å². The van der Waals surface area contributed by atoms with E-state index in [0.29, 0.717) is 22.3 Å². The van der Waals surface area contributed by atoms with Crippen molar-refractivity contribution in [1.82, 2.24) is 14.6 Å². The van der Waals surface area contributed by atoms with Gasteiger partial charge in [0.2, 0.25) is 0 Å². The molecule has 6 heteroatoms. The Kier molecular flexibility index (Phi) is 2.76. The Morgan fingerprint density at radius 2 is 2.05 bits per heavy atom. The minimum Gasteiger partial charge on any atom is -0.495 e. The lowest BCUT2D eigenvalue weighted by Gasteiger charge is -2.06. The van der Waals surface area contributed by atoms with Crippen LogP contribution in [-0.4, -0.2) is 21.7 Å². The maximum Gasteiger partial charge on any atom is 0.168 e. The molecule has 0 saturated carbocycles. The van der Waals surface area contributed by atoms with E-state index in [4.69, 9.17) is 22.1 Å². The van der Waals surface area contributed by atoms with Gasteiger partial charge in [-0.1, -0.05) is 11.6 Å². The predicted octanol–water partition coefficient (Wildman–Crippen LogP) is 2.64. The fourth-order valence-corrected chi connectivity index (χ4v) is 2.10. The average Bonchev–Trinajstić information content (AvgIpc) is 2.81. The number of halogens is 1. The van der Waals surface area contributed by atoms with Crippen molar-refractivity contribution >= 4 is 22.9 Å². The van der Waals surface area contributed by atoms with Crippen molar-refractivity contribution in [3.8, 4) is 17.1 Å². The van der Waals surface area contributed by atoms with Crippen LogP contribution in [0.3, 0.4) is 0 Å². The fourth-order valence-electron chi connectivity index (χ4n) is 1.94. The molecule has 2 N–H and O–H groups in total. The van der Waals surface area contributed by atoms with Crippen molar-refractivity contribution < 1.29 is 4.74 Å². The highest BCUT2D eigenvalue weighted by Gasteiger charge is 2.10. The molecule has 0 amide bonds. The predicted molar refractivity (Wildman–Crippen MR) is 74.4 cm³/mol. The third kappa shape index (κ3) is 1.98. The van der Waals surface area contributed by atoms with Gasteiger partial charge < -0.3 is 10.5 Å². The van der Waals surface area contributed by atoms with E-state index in [1.54, 1.807) is 31.5 Å². The number of ether oxygens (including phenoxy) is 1. The van der Waals surface area contributed by atoms with E-state index in [9.17, 15) is 0 Å². The Balaban J connectivity index is 2.18. The van der Waals surface area contributed by atoms with Crippen molar-refractivity contribution in [3.05, 3.63) is 41.6 Å². The summed E-state index contributed by atoms with van der Waals surface area (Å²) in [5, 5.41) is 8.87. The summed E-state index contributed by atoms with van der Waals surface area (Å²) in [7, 11) is 1.58. The Hall–Kier alpha value is -2.27. The number of nitrogens with zero attached hydrogens (tertiary/aromatic N) is 3. The molecule has 2 aromatic heterocycles. The summed E-state index contributed by atoms with van der Waals surface area (Å²) in [6.07, 6.45) is 1.77. The quantitative estimate of drug-likeness (QED) is 0.730. The minimum atomic E-state index is 0.554. The standard InChI is InChI=1S/C13H11ClN4O/c1-19-11-4-2-8(6-10(11)15)13-17-16-12-5-3-9(14)7-18(12)13/h2-7H,15H2,1H3. The third-order valence-corrected chi connectivity index (χ3v) is 3.08. The van der Waals surface area contributed by atoms with Gasteiger partial charge in [0.1, 0.15) is 5.75 Å². The van der Waals surface area contributed by atoms with Crippen LogP contribution in [0, 0.1) is 0 Å². The normalized spacial score (nSPS) is 10.8. The van der Waals surface area contributed by atoms with Gasteiger partial charge in [-0.15, -0.1) is 10.2 Å². The van der Waals surface area contributed by atoms with Crippen LogP contribution in [0.4, 0.5) is 5.69 Å². The molecule has 0 aliphatic heterocycles. The summed E-state index contributed by atoms with van der Waals surface area (Å²) in [6.45, 7) is 0. The van der Waals surface area contributed by atoms with Gasteiger partial charge in [-0.05, 0) is 30.3 Å². The summed E-state index contributed by atoms with van der Waals surface area (Å²) < 4.78 is 6.96. The first-order valence-corrected chi connectivity index (χ1v) is 6.01. The van der Waals surface area contributed by atoms with Crippen molar-refractivity contribution in [1.29, 1.82) is 0 Å². The molecule has 0 fully saturated rings. The third-order valence-electron chi connectivity index (χ3n) is 2.85. The van der Waals surface area contributed by atoms with Crippen molar-refractivity contribution in [2.75, 3.05) is 12.8 Å². The number of aromatic nitrogens is 3. The molecule has 3 rings (SSSR count). The van der Waals surface area contributed by atoms with Gasteiger partial charge in [0.05, 0.1) is 17.8 Å². The molecule has 0 saturated heterocycles. The van der Waals surface area contributed by atoms with E-state index in [-0.39, 0.29) is 0 Å². The van der Waals surface area contributed by atoms with Gasteiger partial charge in [-0.25, -0.2) is 0 Å². The lowest BCUT2D eigenvalue weighted by atomic mass is 10.2.